The summed E-state index contributed by atoms with van der Waals surface area (Å²) in [5.74, 6) is 5.83. The Morgan fingerprint density at radius 1 is 1.17 bits per heavy atom. The van der Waals surface area contributed by atoms with Crippen LogP contribution in [0.4, 0.5) is 0 Å². The summed E-state index contributed by atoms with van der Waals surface area (Å²) in [4.78, 5) is 12.1. The highest BCUT2D eigenvalue weighted by Crippen LogP contribution is 2.78. The lowest BCUT2D eigenvalue weighted by molar-refractivity contribution is -0.170. The van der Waals surface area contributed by atoms with E-state index < -0.39 is 0 Å². The standard InChI is InChI=1S/C25H31NO3/c1-24-8-6-17-16-5-4-15(26-28)10-14(16)11-18(13-2-3-13)22(17)23(24)19-12-20(19)25(24)9-7-21(27)29-25/h7,9-10,13,16-20,22-23,28H,2-6,8,11-12H2,1H3/b26-15+/t16-,17?,18-,19-,20+,22?,23?,24-,25-/m0/s1. The number of hydrogen-bond donors (Lipinski definition) is 1. The molecule has 0 bridgehead atoms. The first-order valence-electron chi connectivity index (χ1n) is 11.9. The third kappa shape index (κ3) is 2.02. The number of carbonyl (C=O) groups excluding carboxylic acids is 1. The van der Waals surface area contributed by atoms with Crippen LogP contribution in [0.3, 0.4) is 0 Å². The minimum atomic E-state index is -0.308. The molecular weight excluding hydrogens is 362 g/mol. The Bertz CT molecular complexity index is 884. The summed E-state index contributed by atoms with van der Waals surface area (Å²) < 4.78 is 6.16. The Balaban J connectivity index is 1.31. The molecule has 0 amide bonds. The molecule has 0 aromatic heterocycles. The molecule has 4 heteroatoms. The van der Waals surface area contributed by atoms with E-state index in [2.05, 4.69) is 24.2 Å². The fourth-order valence-corrected chi connectivity index (χ4v) is 9.32. The minimum Gasteiger partial charge on any atom is -0.451 e. The first-order chi connectivity index (χ1) is 14.1. The second-order valence-electron chi connectivity index (χ2n) is 11.4. The van der Waals surface area contributed by atoms with E-state index in [1.54, 1.807) is 11.6 Å². The van der Waals surface area contributed by atoms with Gasteiger partial charge in [-0.3, -0.25) is 0 Å². The van der Waals surface area contributed by atoms with Crippen LogP contribution in [0.2, 0.25) is 0 Å². The van der Waals surface area contributed by atoms with Crippen molar-refractivity contribution in [2.75, 3.05) is 0 Å². The van der Waals surface area contributed by atoms with E-state index in [4.69, 9.17) is 4.74 Å². The topological polar surface area (TPSA) is 58.9 Å². The summed E-state index contributed by atoms with van der Waals surface area (Å²) >= 11 is 0. The molecule has 6 aliphatic carbocycles. The SMILES string of the molecule is C[C@]12CCC3C(C1[C@H]1C[C@H]1[C@@]21C=CC(=O)O1)[C@H](C1CC1)CC1=C/C(=N/O)CC[C@@H]13. The normalized spacial score (nSPS) is 55.8. The largest absolute Gasteiger partial charge is 0.451 e. The minimum absolute atomic E-state index is 0.115. The summed E-state index contributed by atoms with van der Waals surface area (Å²) in [7, 11) is 0. The zero-order chi connectivity index (χ0) is 19.5. The summed E-state index contributed by atoms with van der Waals surface area (Å²) in [6.07, 6.45) is 15.9. The molecule has 0 saturated heterocycles. The highest BCUT2D eigenvalue weighted by Gasteiger charge is 2.78. The van der Waals surface area contributed by atoms with Crippen LogP contribution in [-0.4, -0.2) is 22.5 Å². The van der Waals surface area contributed by atoms with Gasteiger partial charge in [0.05, 0.1) is 5.71 Å². The highest BCUT2D eigenvalue weighted by molar-refractivity contribution is 5.96. The molecule has 0 aromatic carbocycles. The van der Waals surface area contributed by atoms with E-state index in [9.17, 15) is 10.0 Å². The second kappa shape index (κ2) is 5.36. The highest BCUT2D eigenvalue weighted by atomic mass is 16.6. The van der Waals surface area contributed by atoms with Crippen LogP contribution < -0.4 is 0 Å². The lowest BCUT2D eigenvalue weighted by Gasteiger charge is -2.59. The van der Waals surface area contributed by atoms with E-state index in [1.165, 1.54) is 38.5 Å². The maximum atomic E-state index is 12.1. The molecule has 29 heavy (non-hydrogen) atoms. The van der Waals surface area contributed by atoms with E-state index in [0.29, 0.717) is 17.8 Å². The number of hydrogen-bond acceptors (Lipinski definition) is 4. The van der Waals surface area contributed by atoms with Crippen molar-refractivity contribution in [3.8, 4) is 0 Å². The molecule has 1 N–H and O–H groups in total. The fraction of sp³-hybridized carbons (Fsp3) is 0.760. The first kappa shape index (κ1) is 17.1. The lowest BCUT2D eigenvalue weighted by Crippen LogP contribution is -2.56. The van der Waals surface area contributed by atoms with Crippen molar-refractivity contribution >= 4 is 11.7 Å². The zero-order valence-corrected chi connectivity index (χ0v) is 17.2. The van der Waals surface area contributed by atoms with Crippen LogP contribution in [0.25, 0.3) is 0 Å². The molecule has 9 atom stereocenters. The number of ether oxygens (including phenoxy) is 1. The van der Waals surface area contributed by atoms with Crippen LogP contribution in [0.5, 0.6) is 0 Å². The van der Waals surface area contributed by atoms with Crippen LogP contribution >= 0.6 is 0 Å². The number of nitrogens with zero attached hydrogens (tertiary/aromatic N) is 1. The van der Waals surface area contributed by atoms with Crippen molar-refractivity contribution in [3.63, 3.8) is 0 Å². The van der Waals surface area contributed by atoms with Gasteiger partial charge in [0.1, 0.15) is 5.60 Å². The monoisotopic (exact) mass is 393 g/mol. The molecule has 0 radical (unpaired) electrons. The molecule has 5 saturated carbocycles. The molecular formula is C25H31NO3. The van der Waals surface area contributed by atoms with Gasteiger partial charge in [-0.25, -0.2) is 4.79 Å². The predicted octanol–water partition coefficient (Wildman–Crippen LogP) is 4.73. The molecule has 154 valence electrons. The van der Waals surface area contributed by atoms with Crippen molar-refractivity contribution in [1.82, 2.24) is 0 Å². The number of fused-ring (bicyclic) bond motifs is 9. The number of carbonyl (C=O) groups is 1. The van der Waals surface area contributed by atoms with Gasteiger partial charge in [0.15, 0.2) is 0 Å². The van der Waals surface area contributed by atoms with E-state index in [1.807, 2.05) is 0 Å². The number of esters is 1. The molecule has 5 fully saturated rings. The van der Waals surface area contributed by atoms with Gasteiger partial charge >= 0.3 is 5.97 Å². The fourth-order valence-electron chi connectivity index (χ4n) is 9.32. The molecule has 1 spiro atoms. The van der Waals surface area contributed by atoms with Crippen LogP contribution in [0, 0.1) is 52.8 Å². The smallest absolute Gasteiger partial charge is 0.331 e. The number of oxime groups is 1. The van der Waals surface area contributed by atoms with Crippen LogP contribution in [-0.2, 0) is 9.53 Å². The summed E-state index contributed by atoms with van der Waals surface area (Å²) in [5, 5.41) is 12.9. The Morgan fingerprint density at radius 3 is 2.76 bits per heavy atom. The summed E-state index contributed by atoms with van der Waals surface area (Å²) in [6.45, 7) is 2.47. The average molecular weight is 394 g/mol. The van der Waals surface area contributed by atoms with Gasteiger partial charge in [-0.1, -0.05) is 17.7 Å². The van der Waals surface area contributed by atoms with Gasteiger partial charge in [0.25, 0.3) is 0 Å². The van der Waals surface area contributed by atoms with Gasteiger partial charge in [-0.2, -0.15) is 0 Å². The third-order valence-corrected chi connectivity index (χ3v) is 10.5. The van der Waals surface area contributed by atoms with E-state index in [-0.39, 0.29) is 17.0 Å². The van der Waals surface area contributed by atoms with Crippen molar-refractivity contribution in [3.05, 3.63) is 23.8 Å². The van der Waals surface area contributed by atoms with E-state index >= 15 is 0 Å². The third-order valence-electron chi connectivity index (χ3n) is 10.5. The number of rotatable bonds is 1. The van der Waals surface area contributed by atoms with Gasteiger partial charge in [0.2, 0.25) is 0 Å². The van der Waals surface area contributed by atoms with Gasteiger partial charge in [-0.15, -0.1) is 0 Å². The Morgan fingerprint density at radius 2 is 2.03 bits per heavy atom. The maximum absolute atomic E-state index is 12.1. The molecule has 1 heterocycles. The van der Waals surface area contributed by atoms with Crippen molar-refractivity contribution in [2.45, 2.75) is 63.9 Å². The number of allylic oxidation sites excluding steroid dienone is 2. The summed E-state index contributed by atoms with van der Waals surface area (Å²) in [6, 6.07) is 0. The van der Waals surface area contributed by atoms with Crippen molar-refractivity contribution in [2.24, 2.45) is 57.9 Å². The van der Waals surface area contributed by atoms with Crippen molar-refractivity contribution < 1.29 is 14.7 Å². The van der Waals surface area contributed by atoms with Crippen molar-refractivity contribution in [1.29, 1.82) is 0 Å². The molecule has 7 rings (SSSR count). The summed E-state index contributed by atoms with van der Waals surface area (Å²) in [5.41, 5.74) is 2.27. The Hall–Kier alpha value is -1.58. The van der Waals surface area contributed by atoms with Gasteiger partial charge in [-0.05, 0) is 105 Å². The van der Waals surface area contributed by atoms with E-state index in [0.717, 1.165) is 48.1 Å². The van der Waals surface area contributed by atoms with Crippen LogP contribution in [0.15, 0.2) is 29.0 Å². The average Bonchev–Trinajstić information content (AvgIpc) is 3.64. The quantitative estimate of drug-likeness (QED) is 0.398. The van der Waals surface area contributed by atoms with Gasteiger partial charge in [0, 0.05) is 17.4 Å². The molecule has 1 aliphatic heterocycles. The zero-order valence-electron chi connectivity index (χ0n) is 17.2. The van der Waals surface area contributed by atoms with Crippen LogP contribution in [0.1, 0.15) is 58.3 Å². The lowest BCUT2D eigenvalue weighted by atomic mass is 9.46. The Labute approximate surface area is 172 Å². The second-order valence-corrected chi connectivity index (χ2v) is 11.4. The predicted molar refractivity (Wildman–Crippen MR) is 108 cm³/mol. The first-order valence-corrected chi connectivity index (χ1v) is 11.9. The maximum Gasteiger partial charge on any atom is 0.331 e. The molecule has 3 unspecified atom stereocenters. The van der Waals surface area contributed by atoms with Gasteiger partial charge < -0.3 is 9.94 Å². The molecule has 0 aromatic rings. The molecule has 4 nitrogen and oxygen atoms in total. The molecule has 7 aliphatic rings. The Kier molecular flexibility index (Phi) is 3.17.